The largest absolute Gasteiger partial charge is 0.333 e. The number of H-pyrrole nitrogens is 1. The van der Waals surface area contributed by atoms with Crippen molar-refractivity contribution in [2.75, 3.05) is 0 Å². The number of halogens is 1. The molecule has 138 valence electrons. The maximum absolute atomic E-state index is 12.7. The van der Waals surface area contributed by atoms with E-state index in [-0.39, 0.29) is 18.0 Å². The summed E-state index contributed by atoms with van der Waals surface area (Å²) in [4.78, 5) is 32.8. The zero-order chi connectivity index (χ0) is 19.6. The second-order valence-electron chi connectivity index (χ2n) is 6.59. The van der Waals surface area contributed by atoms with Gasteiger partial charge in [-0.2, -0.15) is 0 Å². The molecule has 0 saturated heterocycles. The lowest BCUT2D eigenvalue weighted by Crippen LogP contribution is -2.40. The molecule has 0 spiro atoms. The summed E-state index contributed by atoms with van der Waals surface area (Å²) in [7, 11) is 0. The number of hydrogen-bond donors (Lipinski definition) is 1. The van der Waals surface area contributed by atoms with E-state index in [0.29, 0.717) is 23.0 Å². The third-order valence-electron chi connectivity index (χ3n) is 3.96. The van der Waals surface area contributed by atoms with E-state index in [0.717, 1.165) is 10.1 Å². The highest BCUT2D eigenvalue weighted by Gasteiger charge is 2.17. The molecule has 0 amide bonds. The Bertz CT molecular complexity index is 1180. The molecule has 0 atom stereocenters. The number of benzene rings is 1. The molecule has 27 heavy (non-hydrogen) atoms. The van der Waals surface area contributed by atoms with Crippen LogP contribution in [0.25, 0.3) is 23.3 Å². The van der Waals surface area contributed by atoms with Crippen LogP contribution >= 0.6 is 11.6 Å². The van der Waals surface area contributed by atoms with Crippen LogP contribution in [0.4, 0.5) is 0 Å². The normalized spacial score (nSPS) is 11.5. The van der Waals surface area contributed by atoms with Crippen LogP contribution in [0.5, 0.6) is 0 Å². The van der Waals surface area contributed by atoms with Crippen molar-refractivity contribution in [2.45, 2.75) is 26.9 Å². The number of aromatic nitrogens is 4. The van der Waals surface area contributed by atoms with Crippen molar-refractivity contribution in [3.05, 3.63) is 61.5 Å². The number of aromatic amines is 1. The fourth-order valence-electron chi connectivity index (χ4n) is 2.81. The van der Waals surface area contributed by atoms with Gasteiger partial charge in [-0.15, -0.1) is 6.42 Å². The molecule has 0 aliphatic rings. The van der Waals surface area contributed by atoms with Gasteiger partial charge >= 0.3 is 5.69 Å². The average Bonchev–Trinajstić information content (AvgIpc) is 3.05. The fraction of sp³-hybridized carbons (Fsp3) is 0.250. The Labute approximate surface area is 161 Å². The maximum atomic E-state index is 12.7. The number of terminal acetylenes is 1. The van der Waals surface area contributed by atoms with Gasteiger partial charge in [0.15, 0.2) is 5.65 Å². The Hall–Kier alpha value is -3.04. The van der Waals surface area contributed by atoms with Crippen LogP contribution in [-0.4, -0.2) is 19.1 Å². The Morgan fingerprint density at radius 3 is 2.74 bits per heavy atom. The predicted octanol–water partition coefficient (Wildman–Crippen LogP) is 3.00. The van der Waals surface area contributed by atoms with E-state index < -0.39 is 11.2 Å². The van der Waals surface area contributed by atoms with Crippen molar-refractivity contribution in [3.8, 4) is 12.3 Å². The van der Waals surface area contributed by atoms with Crippen molar-refractivity contribution in [1.82, 2.24) is 19.1 Å². The minimum atomic E-state index is -0.470. The van der Waals surface area contributed by atoms with Crippen molar-refractivity contribution in [1.29, 1.82) is 0 Å². The predicted molar refractivity (Wildman–Crippen MR) is 109 cm³/mol. The molecule has 2 aromatic heterocycles. The van der Waals surface area contributed by atoms with E-state index in [4.69, 9.17) is 18.0 Å². The van der Waals surface area contributed by atoms with Gasteiger partial charge in [0.1, 0.15) is 11.3 Å². The number of nitrogens with zero attached hydrogens (tertiary/aromatic N) is 3. The van der Waals surface area contributed by atoms with Gasteiger partial charge < -0.3 is 4.98 Å². The summed E-state index contributed by atoms with van der Waals surface area (Å²) in [6.45, 7) is 4.32. The Morgan fingerprint density at radius 1 is 1.30 bits per heavy atom. The lowest BCUT2D eigenvalue weighted by Gasteiger charge is -2.11. The van der Waals surface area contributed by atoms with Gasteiger partial charge in [0.05, 0.1) is 6.54 Å². The molecule has 0 radical (unpaired) electrons. The number of hydrogen-bond acceptors (Lipinski definition) is 3. The van der Waals surface area contributed by atoms with E-state index in [9.17, 15) is 9.59 Å². The molecule has 1 aromatic carbocycles. The summed E-state index contributed by atoms with van der Waals surface area (Å²) >= 11 is 5.99. The summed E-state index contributed by atoms with van der Waals surface area (Å²) in [5, 5.41) is 0.629. The van der Waals surface area contributed by atoms with Crippen LogP contribution in [0.15, 0.2) is 33.9 Å². The summed E-state index contributed by atoms with van der Waals surface area (Å²) in [6, 6.07) is 7.35. The zero-order valence-corrected chi connectivity index (χ0v) is 15.8. The van der Waals surface area contributed by atoms with Crippen LogP contribution < -0.4 is 11.2 Å². The van der Waals surface area contributed by atoms with Gasteiger partial charge in [0, 0.05) is 11.6 Å². The number of fused-ring (bicyclic) bond motifs is 1. The van der Waals surface area contributed by atoms with Crippen LogP contribution in [-0.2, 0) is 13.1 Å². The number of rotatable bonds is 5. The Kier molecular flexibility index (Phi) is 5.33. The molecule has 3 aromatic rings. The van der Waals surface area contributed by atoms with E-state index in [1.807, 2.05) is 38.1 Å². The molecule has 0 fully saturated rings. The number of imidazole rings is 1. The lowest BCUT2D eigenvalue weighted by atomic mass is 10.2. The molecule has 0 aliphatic carbocycles. The highest BCUT2D eigenvalue weighted by atomic mass is 35.5. The van der Waals surface area contributed by atoms with Gasteiger partial charge in [0.2, 0.25) is 0 Å². The molecule has 0 bridgehead atoms. The van der Waals surface area contributed by atoms with Crippen LogP contribution in [0.1, 0.15) is 25.2 Å². The molecule has 0 unspecified atom stereocenters. The molecular formula is C20H19ClN4O2. The molecule has 0 saturated carbocycles. The van der Waals surface area contributed by atoms with E-state index in [1.165, 1.54) is 4.57 Å². The first-order chi connectivity index (χ1) is 12.9. The van der Waals surface area contributed by atoms with Crippen molar-refractivity contribution in [2.24, 2.45) is 5.92 Å². The van der Waals surface area contributed by atoms with Crippen molar-refractivity contribution >= 4 is 34.9 Å². The van der Waals surface area contributed by atoms with Gasteiger partial charge in [0.25, 0.3) is 5.56 Å². The summed E-state index contributed by atoms with van der Waals surface area (Å²) in [5.74, 6) is 3.03. The fourth-order valence-corrected chi connectivity index (χ4v) is 3.01. The molecule has 2 heterocycles. The quantitative estimate of drug-likeness (QED) is 0.689. The Balaban J connectivity index is 2.15. The average molecular weight is 383 g/mol. The monoisotopic (exact) mass is 382 g/mol. The second-order valence-corrected chi connectivity index (χ2v) is 7.03. The van der Waals surface area contributed by atoms with E-state index >= 15 is 0 Å². The van der Waals surface area contributed by atoms with E-state index in [1.54, 1.807) is 12.1 Å². The van der Waals surface area contributed by atoms with Gasteiger partial charge in [-0.3, -0.25) is 9.36 Å². The topological polar surface area (TPSA) is 72.7 Å². The zero-order valence-electron chi connectivity index (χ0n) is 15.1. The van der Waals surface area contributed by atoms with Crippen LogP contribution in [0.3, 0.4) is 0 Å². The highest BCUT2D eigenvalue weighted by molar-refractivity contribution is 6.30. The van der Waals surface area contributed by atoms with Crippen molar-refractivity contribution < 1.29 is 0 Å². The molecular weight excluding hydrogens is 364 g/mol. The first-order valence-electron chi connectivity index (χ1n) is 8.51. The minimum Gasteiger partial charge on any atom is -0.333 e. The standard InChI is InChI=1S/C20H19ClN4O2/c1-4-10-24-19(26)17-18(25(20(24)27)12-13(2)3)23-16(22-17)9-8-14-6-5-7-15(21)11-14/h1,5-9,11,13H,10,12H2,2-3H3,(H,22,23)/b9-8+. The molecule has 7 heteroatoms. The third kappa shape index (κ3) is 3.88. The molecule has 1 N–H and O–H groups in total. The van der Waals surface area contributed by atoms with Gasteiger partial charge in [-0.05, 0) is 29.7 Å². The van der Waals surface area contributed by atoms with Crippen molar-refractivity contribution in [3.63, 3.8) is 0 Å². The maximum Gasteiger partial charge on any atom is 0.333 e. The third-order valence-corrected chi connectivity index (χ3v) is 4.19. The smallest absolute Gasteiger partial charge is 0.333 e. The first kappa shape index (κ1) is 18.7. The SMILES string of the molecule is C#CCn1c(=O)c2[nH]c(/C=C/c3cccc(Cl)c3)nc2n(CC(C)C)c1=O. The summed E-state index contributed by atoms with van der Waals surface area (Å²) in [5.41, 5.74) is 0.570. The Morgan fingerprint density at radius 2 is 2.07 bits per heavy atom. The van der Waals surface area contributed by atoms with E-state index in [2.05, 4.69) is 15.9 Å². The highest BCUT2D eigenvalue weighted by Crippen LogP contribution is 2.14. The van der Waals surface area contributed by atoms with Gasteiger partial charge in [-0.1, -0.05) is 49.6 Å². The summed E-state index contributed by atoms with van der Waals surface area (Å²) in [6.07, 6.45) is 8.88. The lowest BCUT2D eigenvalue weighted by molar-refractivity contribution is 0.496. The minimum absolute atomic E-state index is 0.0849. The van der Waals surface area contributed by atoms with Gasteiger partial charge in [-0.25, -0.2) is 14.3 Å². The molecule has 3 rings (SSSR count). The van der Waals surface area contributed by atoms with Crippen LogP contribution in [0.2, 0.25) is 5.02 Å². The summed E-state index contributed by atoms with van der Waals surface area (Å²) < 4.78 is 2.54. The first-order valence-corrected chi connectivity index (χ1v) is 8.89. The van der Waals surface area contributed by atoms with Crippen LogP contribution in [0, 0.1) is 18.3 Å². The molecule has 6 nitrogen and oxygen atoms in total. The second kappa shape index (κ2) is 7.68. The number of nitrogens with one attached hydrogen (secondary N) is 1. The molecule has 0 aliphatic heterocycles.